The molecule has 8 nitrogen and oxygen atoms in total. The lowest BCUT2D eigenvalue weighted by atomic mass is 9.87. The van der Waals surface area contributed by atoms with Crippen molar-refractivity contribution in [3.05, 3.63) is 104 Å². The molecule has 0 amide bonds. The Morgan fingerprint density at radius 3 is 2.70 bits per heavy atom. The number of benzene rings is 3. The van der Waals surface area contributed by atoms with E-state index in [0.29, 0.717) is 5.69 Å². The lowest BCUT2D eigenvalue weighted by Crippen LogP contribution is -2.17. The monoisotopic (exact) mass is 519 g/mol. The first kappa shape index (κ1) is 25.9. The summed E-state index contributed by atoms with van der Waals surface area (Å²) in [7, 11) is 0. The Kier molecular flexibility index (Phi) is 8.20. The van der Waals surface area contributed by atoms with Gasteiger partial charge in [0, 0.05) is 29.6 Å². The molecule has 9 heteroatoms. The molecule has 37 heavy (non-hydrogen) atoms. The fourth-order valence-corrected chi connectivity index (χ4v) is 4.47. The molecule has 1 atom stereocenters. The first-order chi connectivity index (χ1) is 17.9. The number of aliphatic imine (C=N–C) groups is 1. The van der Waals surface area contributed by atoms with Crippen LogP contribution in [-0.2, 0) is 16.0 Å². The first-order valence-electron chi connectivity index (χ1n) is 11.9. The second kappa shape index (κ2) is 11.7. The Morgan fingerprint density at radius 1 is 1.22 bits per heavy atom. The van der Waals surface area contributed by atoms with Crippen molar-refractivity contribution in [2.24, 2.45) is 4.99 Å². The Balaban J connectivity index is 1.58. The van der Waals surface area contributed by atoms with Crippen molar-refractivity contribution in [3.63, 3.8) is 0 Å². The van der Waals surface area contributed by atoms with Crippen LogP contribution in [0.5, 0.6) is 0 Å². The lowest BCUT2D eigenvalue weighted by Gasteiger charge is -2.27. The van der Waals surface area contributed by atoms with Crippen molar-refractivity contribution >= 4 is 46.6 Å². The van der Waals surface area contributed by atoms with Crippen molar-refractivity contribution in [2.45, 2.75) is 32.2 Å². The van der Waals surface area contributed by atoms with E-state index in [0.717, 1.165) is 31.0 Å². The second-order valence-electron chi connectivity index (χ2n) is 8.50. The van der Waals surface area contributed by atoms with E-state index in [1.807, 2.05) is 12.1 Å². The third kappa shape index (κ3) is 6.16. The largest absolute Gasteiger partial charge is 0.506 e. The van der Waals surface area contributed by atoms with Gasteiger partial charge in [0.2, 0.25) is 0 Å². The summed E-state index contributed by atoms with van der Waals surface area (Å²) in [5, 5.41) is 25.6. The Labute approximate surface area is 219 Å². The third-order valence-electron chi connectivity index (χ3n) is 6.09. The highest BCUT2D eigenvalue weighted by Gasteiger charge is 2.21. The standard InChI is InChI=1S/C28H26ClN3O5/c1-2-37-28(34)24(27(33)23-16-21(32(35)36)14-15-25(23)29)17-30-19-10-12-20(13-11-19)31-26-9-5-7-18-6-3-4-8-22(18)26/h3-4,6,8,10-17,26,31,33H,2,5,7,9H2,1H3/b27-24+,30-17?. The van der Waals surface area contributed by atoms with E-state index in [9.17, 15) is 20.0 Å². The van der Waals surface area contributed by atoms with Crippen LogP contribution in [0.15, 0.2) is 77.3 Å². The predicted octanol–water partition coefficient (Wildman–Crippen LogP) is 6.97. The molecule has 1 unspecified atom stereocenters. The SMILES string of the molecule is CCOC(=O)/C(C=Nc1ccc(NC2CCCc3ccccc32)cc1)=C(/O)c1cc([N+](=O)[O-])ccc1Cl. The van der Waals surface area contributed by atoms with Crippen molar-refractivity contribution in [2.75, 3.05) is 11.9 Å². The van der Waals surface area contributed by atoms with Crippen LogP contribution in [0, 0.1) is 10.1 Å². The number of esters is 1. The number of fused-ring (bicyclic) bond motifs is 1. The number of non-ortho nitro benzene ring substituents is 1. The van der Waals surface area contributed by atoms with Gasteiger partial charge in [-0.15, -0.1) is 0 Å². The number of nitro benzene ring substituents is 1. The molecule has 0 heterocycles. The number of aliphatic hydroxyl groups is 1. The molecule has 2 N–H and O–H groups in total. The molecule has 0 aliphatic heterocycles. The summed E-state index contributed by atoms with van der Waals surface area (Å²) in [6, 6.07) is 19.6. The minimum atomic E-state index is -0.833. The maximum absolute atomic E-state index is 12.6. The molecule has 1 aliphatic carbocycles. The number of carbonyl (C=O) groups excluding carboxylic acids is 1. The summed E-state index contributed by atoms with van der Waals surface area (Å²) in [4.78, 5) is 27.4. The number of anilines is 1. The van der Waals surface area contributed by atoms with E-state index in [4.69, 9.17) is 16.3 Å². The quantitative estimate of drug-likeness (QED) is 0.0829. The molecule has 3 aromatic rings. The highest BCUT2D eigenvalue weighted by atomic mass is 35.5. The van der Waals surface area contributed by atoms with Crippen molar-refractivity contribution < 1.29 is 19.6 Å². The van der Waals surface area contributed by atoms with Gasteiger partial charge in [0.05, 0.1) is 28.3 Å². The van der Waals surface area contributed by atoms with Gasteiger partial charge in [-0.3, -0.25) is 15.1 Å². The van der Waals surface area contributed by atoms with Gasteiger partial charge in [0.1, 0.15) is 11.3 Å². The van der Waals surface area contributed by atoms with E-state index in [1.54, 1.807) is 19.1 Å². The van der Waals surface area contributed by atoms with Crippen LogP contribution in [0.1, 0.15) is 42.5 Å². The second-order valence-corrected chi connectivity index (χ2v) is 8.90. The highest BCUT2D eigenvalue weighted by molar-refractivity contribution is 6.32. The Bertz CT molecular complexity index is 1370. The number of aliphatic hydroxyl groups excluding tert-OH is 1. The van der Waals surface area contributed by atoms with Crippen LogP contribution in [0.3, 0.4) is 0 Å². The number of carbonyl (C=O) groups is 1. The Hall–Kier alpha value is -4.17. The van der Waals surface area contributed by atoms with Crippen LogP contribution in [0.25, 0.3) is 5.76 Å². The number of aryl methyl sites for hydroxylation is 1. The van der Waals surface area contributed by atoms with Crippen molar-refractivity contribution in [1.82, 2.24) is 0 Å². The van der Waals surface area contributed by atoms with Gasteiger partial charge in [0.25, 0.3) is 5.69 Å². The molecule has 190 valence electrons. The minimum Gasteiger partial charge on any atom is -0.506 e. The van der Waals surface area contributed by atoms with Crippen LogP contribution in [0.4, 0.5) is 17.1 Å². The number of rotatable bonds is 8. The molecule has 0 saturated heterocycles. The van der Waals surface area contributed by atoms with Gasteiger partial charge < -0.3 is 15.2 Å². The van der Waals surface area contributed by atoms with Crippen LogP contribution in [-0.4, -0.2) is 28.8 Å². The molecule has 1 aliphatic rings. The highest BCUT2D eigenvalue weighted by Crippen LogP contribution is 2.33. The molecule has 0 radical (unpaired) electrons. The van der Waals surface area contributed by atoms with Gasteiger partial charge >= 0.3 is 5.97 Å². The summed E-state index contributed by atoms with van der Waals surface area (Å²) in [6.45, 7) is 1.69. The summed E-state index contributed by atoms with van der Waals surface area (Å²) in [5.74, 6) is -1.40. The summed E-state index contributed by atoms with van der Waals surface area (Å²) >= 11 is 6.15. The number of hydrogen-bond acceptors (Lipinski definition) is 7. The van der Waals surface area contributed by atoms with Crippen LogP contribution >= 0.6 is 11.6 Å². The number of nitro groups is 1. The summed E-state index contributed by atoms with van der Waals surface area (Å²) < 4.78 is 5.05. The number of halogens is 1. The smallest absolute Gasteiger partial charge is 0.343 e. The molecule has 0 fully saturated rings. The average molecular weight is 520 g/mol. The van der Waals surface area contributed by atoms with Gasteiger partial charge in [-0.1, -0.05) is 35.9 Å². The zero-order valence-electron chi connectivity index (χ0n) is 20.2. The molecule has 0 bridgehead atoms. The zero-order valence-corrected chi connectivity index (χ0v) is 20.9. The maximum Gasteiger partial charge on any atom is 0.343 e. The number of nitrogens with one attached hydrogen (secondary N) is 1. The van der Waals surface area contributed by atoms with Crippen molar-refractivity contribution in [3.8, 4) is 0 Å². The molecular weight excluding hydrogens is 494 g/mol. The van der Waals surface area contributed by atoms with Gasteiger partial charge in [0.15, 0.2) is 0 Å². The van der Waals surface area contributed by atoms with Gasteiger partial charge in [-0.2, -0.15) is 0 Å². The lowest BCUT2D eigenvalue weighted by molar-refractivity contribution is -0.384. The summed E-state index contributed by atoms with van der Waals surface area (Å²) in [5.41, 5.74) is 3.53. The molecular formula is C28H26ClN3O5. The number of ether oxygens (including phenoxy) is 1. The molecule has 4 rings (SSSR count). The first-order valence-corrected chi connectivity index (χ1v) is 12.3. The van der Waals surface area contributed by atoms with Gasteiger partial charge in [-0.25, -0.2) is 4.79 Å². The van der Waals surface area contributed by atoms with E-state index in [1.165, 1.54) is 29.5 Å². The zero-order chi connectivity index (χ0) is 26.4. The maximum atomic E-state index is 12.6. The van der Waals surface area contributed by atoms with Crippen LogP contribution < -0.4 is 5.32 Å². The molecule has 0 aromatic heterocycles. The predicted molar refractivity (Wildman–Crippen MR) is 145 cm³/mol. The normalized spacial score (nSPS) is 15.6. The van der Waals surface area contributed by atoms with E-state index >= 15 is 0 Å². The van der Waals surface area contributed by atoms with Crippen LogP contribution in [0.2, 0.25) is 5.02 Å². The summed E-state index contributed by atoms with van der Waals surface area (Å²) in [6.07, 6.45) is 4.43. The van der Waals surface area contributed by atoms with Gasteiger partial charge in [-0.05, 0) is 67.6 Å². The third-order valence-corrected chi connectivity index (χ3v) is 6.42. The fourth-order valence-electron chi connectivity index (χ4n) is 4.26. The minimum absolute atomic E-state index is 0.0398. The van der Waals surface area contributed by atoms with E-state index in [-0.39, 0.29) is 34.5 Å². The molecule has 0 saturated carbocycles. The fraction of sp³-hybridized carbons (Fsp3) is 0.214. The topological polar surface area (TPSA) is 114 Å². The Morgan fingerprint density at radius 2 is 1.97 bits per heavy atom. The number of nitrogens with zero attached hydrogens (tertiary/aromatic N) is 2. The molecule has 3 aromatic carbocycles. The van der Waals surface area contributed by atoms with E-state index in [2.05, 4.69) is 34.6 Å². The number of hydrogen-bond donors (Lipinski definition) is 2. The average Bonchev–Trinajstić information content (AvgIpc) is 2.90. The molecule has 0 spiro atoms. The van der Waals surface area contributed by atoms with E-state index < -0.39 is 16.7 Å². The van der Waals surface area contributed by atoms with Crippen molar-refractivity contribution in [1.29, 1.82) is 0 Å².